The Labute approximate surface area is 177 Å². The Bertz CT molecular complexity index is 1230. The summed E-state index contributed by atoms with van der Waals surface area (Å²) in [6.07, 6.45) is 0. The van der Waals surface area contributed by atoms with E-state index < -0.39 is 5.97 Å². The number of hydrogen-bond acceptors (Lipinski definition) is 7. The summed E-state index contributed by atoms with van der Waals surface area (Å²) in [5.41, 5.74) is 2.70. The number of carbonyl (C=O) groups is 1. The first-order valence-electron chi connectivity index (χ1n) is 9.43. The van der Waals surface area contributed by atoms with Crippen molar-refractivity contribution in [2.24, 2.45) is 0 Å². The molecule has 0 saturated carbocycles. The Kier molecular flexibility index (Phi) is 5.48. The van der Waals surface area contributed by atoms with Gasteiger partial charge in [0.25, 0.3) is 5.89 Å². The van der Waals surface area contributed by atoms with Crippen molar-refractivity contribution in [1.29, 1.82) is 0 Å². The van der Waals surface area contributed by atoms with Gasteiger partial charge < -0.3 is 14.0 Å². The molecule has 0 saturated heterocycles. The molecular weight excluding hydrogens is 403 g/mol. The van der Waals surface area contributed by atoms with Gasteiger partial charge in [-0.05, 0) is 50.2 Å². The van der Waals surface area contributed by atoms with Crippen molar-refractivity contribution in [2.45, 2.75) is 20.5 Å². The lowest BCUT2D eigenvalue weighted by Crippen LogP contribution is -2.08. The van der Waals surface area contributed by atoms with E-state index in [0.29, 0.717) is 39.8 Å². The fraction of sp³-hybridized carbons (Fsp3) is 0.182. The van der Waals surface area contributed by atoms with Gasteiger partial charge in [0, 0.05) is 0 Å². The summed E-state index contributed by atoms with van der Waals surface area (Å²) in [5, 5.41) is 8.30. The van der Waals surface area contributed by atoms with E-state index in [-0.39, 0.29) is 18.3 Å². The third-order valence-corrected chi connectivity index (χ3v) is 4.71. The van der Waals surface area contributed by atoms with E-state index >= 15 is 0 Å². The van der Waals surface area contributed by atoms with E-state index in [2.05, 4.69) is 15.2 Å². The molecule has 0 aliphatic carbocycles. The number of aromatic nitrogens is 4. The van der Waals surface area contributed by atoms with Crippen LogP contribution in [0.1, 0.15) is 27.6 Å². The summed E-state index contributed by atoms with van der Waals surface area (Å²) < 4.78 is 30.6. The number of para-hydroxylation sites is 1. The van der Waals surface area contributed by atoms with E-state index in [1.54, 1.807) is 49.9 Å². The van der Waals surface area contributed by atoms with E-state index in [4.69, 9.17) is 14.0 Å². The molecule has 0 spiro atoms. The molecule has 158 valence electrons. The fourth-order valence-corrected chi connectivity index (χ4v) is 3.22. The van der Waals surface area contributed by atoms with Crippen LogP contribution in [0.25, 0.3) is 17.1 Å². The second kappa shape index (κ2) is 8.39. The zero-order chi connectivity index (χ0) is 22.0. The number of aryl methyl sites for hydroxylation is 1. The molecule has 0 fully saturated rings. The van der Waals surface area contributed by atoms with E-state index in [1.807, 2.05) is 12.1 Å². The zero-order valence-corrected chi connectivity index (χ0v) is 17.1. The van der Waals surface area contributed by atoms with Gasteiger partial charge in [-0.3, -0.25) is 0 Å². The molecule has 9 heteroatoms. The summed E-state index contributed by atoms with van der Waals surface area (Å²) in [7, 11) is 1.55. The largest absolute Gasteiger partial charge is 0.496 e. The third kappa shape index (κ3) is 4.02. The normalized spacial score (nSPS) is 10.8. The molecule has 2 aromatic heterocycles. The number of halogens is 1. The van der Waals surface area contributed by atoms with Crippen LogP contribution in [0.3, 0.4) is 0 Å². The van der Waals surface area contributed by atoms with Crippen LogP contribution in [0.5, 0.6) is 5.75 Å². The molecular formula is C22H19FN4O4. The molecule has 4 aromatic rings. The van der Waals surface area contributed by atoms with Crippen molar-refractivity contribution in [3.8, 4) is 22.8 Å². The maximum Gasteiger partial charge on any atom is 0.342 e. The Balaban J connectivity index is 1.50. The predicted molar refractivity (Wildman–Crippen MR) is 108 cm³/mol. The number of methoxy groups -OCH3 is 1. The fourth-order valence-electron chi connectivity index (χ4n) is 3.22. The number of nitrogens with zero attached hydrogens (tertiary/aromatic N) is 4. The van der Waals surface area contributed by atoms with Gasteiger partial charge in [-0.25, -0.2) is 13.9 Å². The molecule has 4 rings (SSSR count). The maximum absolute atomic E-state index is 13.2. The lowest BCUT2D eigenvalue weighted by molar-refractivity contribution is 0.0428. The molecule has 0 atom stereocenters. The van der Waals surface area contributed by atoms with Crippen molar-refractivity contribution in [1.82, 2.24) is 19.9 Å². The van der Waals surface area contributed by atoms with Crippen LogP contribution >= 0.6 is 0 Å². The van der Waals surface area contributed by atoms with Gasteiger partial charge in [-0.1, -0.05) is 17.3 Å². The van der Waals surface area contributed by atoms with E-state index in [1.165, 1.54) is 12.1 Å². The van der Waals surface area contributed by atoms with Crippen LogP contribution in [0.4, 0.5) is 4.39 Å². The van der Waals surface area contributed by atoms with Gasteiger partial charge in [-0.15, -0.1) is 0 Å². The summed E-state index contributed by atoms with van der Waals surface area (Å²) in [4.78, 5) is 17.0. The van der Waals surface area contributed by atoms with Crippen molar-refractivity contribution in [3.63, 3.8) is 0 Å². The van der Waals surface area contributed by atoms with Crippen LogP contribution in [0, 0.1) is 19.7 Å². The summed E-state index contributed by atoms with van der Waals surface area (Å²) >= 11 is 0. The van der Waals surface area contributed by atoms with E-state index in [0.717, 1.165) is 0 Å². The van der Waals surface area contributed by atoms with Crippen molar-refractivity contribution >= 4 is 5.97 Å². The number of esters is 1. The van der Waals surface area contributed by atoms with Gasteiger partial charge in [0.05, 0.1) is 29.7 Å². The van der Waals surface area contributed by atoms with Crippen LogP contribution in [-0.2, 0) is 11.3 Å². The summed E-state index contributed by atoms with van der Waals surface area (Å²) in [6, 6.07) is 13.1. The van der Waals surface area contributed by atoms with Gasteiger partial charge in [0.15, 0.2) is 6.61 Å². The minimum atomic E-state index is -0.569. The highest BCUT2D eigenvalue weighted by Gasteiger charge is 2.22. The highest BCUT2D eigenvalue weighted by molar-refractivity contribution is 5.92. The van der Waals surface area contributed by atoms with Crippen LogP contribution in [0.2, 0.25) is 0 Å². The molecule has 0 amide bonds. The molecule has 8 nitrogen and oxygen atoms in total. The molecule has 0 aliphatic heterocycles. The van der Waals surface area contributed by atoms with Crippen LogP contribution in [-0.4, -0.2) is 33.0 Å². The molecule has 0 aliphatic rings. The van der Waals surface area contributed by atoms with Crippen molar-refractivity contribution < 1.29 is 23.2 Å². The average Bonchev–Trinajstić information content (AvgIpc) is 3.37. The quantitative estimate of drug-likeness (QED) is 0.433. The number of ether oxygens (including phenoxy) is 2. The SMILES string of the molecule is COc1ccccc1-c1noc(COC(=O)c2c(C)nn(-c3ccc(F)cc3)c2C)n1. The Hall–Kier alpha value is -4.01. The van der Waals surface area contributed by atoms with Gasteiger partial charge in [-0.2, -0.15) is 10.1 Å². The maximum atomic E-state index is 13.2. The standard InChI is InChI=1S/C22H19FN4O4/c1-13-20(14(2)27(25-13)16-10-8-15(23)9-11-16)22(28)30-12-19-24-21(26-31-19)17-6-4-5-7-18(17)29-3/h4-11H,12H2,1-3H3. The zero-order valence-electron chi connectivity index (χ0n) is 17.1. The molecule has 31 heavy (non-hydrogen) atoms. The molecule has 0 bridgehead atoms. The van der Waals surface area contributed by atoms with Crippen molar-refractivity contribution in [2.75, 3.05) is 7.11 Å². The topological polar surface area (TPSA) is 92.3 Å². The monoisotopic (exact) mass is 422 g/mol. The Morgan fingerprint density at radius 1 is 1.13 bits per heavy atom. The van der Waals surface area contributed by atoms with Gasteiger partial charge in [0.2, 0.25) is 5.82 Å². The first kappa shape index (κ1) is 20.3. The molecule has 2 aromatic carbocycles. The highest BCUT2D eigenvalue weighted by atomic mass is 19.1. The lowest BCUT2D eigenvalue weighted by Gasteiger charge is -2.05. The average molecular weight is 422 g/mol. The van der Waals surface area contributed by atoms with E-state index in [9.17, 15) is 9.18 Å². The predicted octanol–water partition coefficient (Wildman–Crippen LogP) is 4.04. The molecule has 0 N–H and O–H groups in total. The van der Waals surface area contributed by atoms with Crippen LogP contribution < -0.4 is 4.74 Å². The second-order valence-electron chi connectivity index (χ2n) is 6.72. The van der Waals surface area contributed by atoms with Gasteiger partial charge in [0.1, 0.15) is 17.1 Å². The second-order valence-corrected chi connectivity index (χ2v) is 6.72. The summed E-state index contributed by atoms with van der Waals surface area (Å²) in [5.74, 6) is 0.166. The number of benzene rings is 2. The number of rotatable bonds is 6. The molecule has 0 unspecified atom stereocenters. The first-order valence-corrected chi connectivity index (χ1v) is 9.43. The minimum absolute atomic E-state index is 0.149. The highest BCUT2D eigenvalue weighted by Crippen LogP contribution is 2.27. The first-order chi connectivity index (χ1) is 15.0. The number of carbonyl (C=O) groups excluding carboxylic acids is 1. The lowest BCUT2D eigenvalue weighted by atomic mass is 10.2. The third-order valence-electron chi connectivity index (χ3n) is 4.71. The summed E-state index contributed by atoms with van der Waals surface area (Å²) in [6.45, 7) is 3.25. The van der Waals surface area contributed by atoms with Gasteiger partial charge >= 0.3 is 5.97 Å². The molecule has 0 radical (unpaired) electrons. The smallest absolute Gasteiger partial charge is 0.342 e. The Morgan fingerprint density at radius 3 is 2.61 bits per heavy atom. The number of hydrogen-bond donors (Lipinski definition) is 0. The van der Waals surface area contributed by atoms with Crippen LogP contribution in [0.15, 0.2) is 53.1 Å². The van der Waals surface area contributed by atoms with Crippen molar-refractivity contribution in [3.05, 3.63) is 77.2 Å². The Morgan fingerprint density at radius 2 is 1.87 bits per heavy atom. The minimum Gasteiger partial charge on any atom is -0.496 e. The molecule has 2 heterocycles.